The molecular formula is C34H34FN5O2. The molecule has 3 heterocycles. The second kappa shape index (κ2) is 11.7. The average molecular weight is 564 g/mol. The van der Waals surface area contributed by atoms with E-state index in [0.717, 1.165) is 63.4 Å². The number of nitrogens with one attached hydrogen (secondary N) is 2. The normalized spacial score (nSPS) is 13.0. The first-order valence-corrected chi connectivity index (χ1v) is 14.3. The van der Waals surface area contributed by atoms with Crippen molar-refractivity contribution in [1.29, 1.82) is 0 Å². The molecule has 0 spiro atoms. The molecule has 0 bridgehead atoms. The Morgan fingerprint density at radius 3 is 2.55 bits per heavy atom. The highest BCUT2D eigenvalue weighted by molar-refractivity contribution is 5.87. The third-order valence-corrected chi connectivity index (χ3v) is 7.70. The van der Waals surface area contributed by atoms with Crippen molar-refractivity contribution >= 4 is 22.3 Å². The molecule has 2 N–H and O–H groups in total. The van der Waals surface area contributed by atoms with Crippen LogP contribution in [0.15, 0.2) is 77.9 Å². The lowest BCUT2D eigenvalue weighted by Crippen LogP contribution is -2.32. The first kappa shape index (κ1) is 27.6. The fourth-order valence-electron chi connectivity index (χ4n) is 5.55. The summed E-state index contributed by atoms with van der Waals surface area (Å²) in [6.45, 7) is 6.71. The van der Waals surface area contributed by atoms with Gasteiger partial charge in [0.2, 0.25) is 0 Å². The molecular weight excluding hydrogens is 529 g/mol. The van der Waals surface area contributed by atoms with Crippen LogP contribution >= 0.6 is 0 Å². The molecule has 5 aromatic rings. The van der Waals surface area contributed by atoms with E-state index in [4.69, 9.17) is 4.74 Å². The third-order valence-electron chi connectivity index (χ3n) is 7.70. The Kier molecular flexibility index (Phi) is 7.71. The molecule has 1 aliphatic heterocycles. The number of H-pyrrole nitrogens is 1. The topological polar surface area (TPSA) is 83.1 Å². The van der Waals surface area contributed by atoms with Crippen molar-refractivity contribution in [1.82, 2.24) is 15.0 Å². The molecule has 1 aliphatic rings. The minimum Gasteiger partial charge on any atom is -0.378 e. The van der Waals surface area contributed by atoms with E-state index in [1.807, 2.05) is 54.6 Å². The van der Waals surface area contributed by atoms with E-state index in [0.29, 0.717) is 36.7 Å². The number of hydrogen-bond acceptors (Lipinski definition) is 6. The van der Waals surface area contributed by atoms with Gasteiger partial charge in [-0.05, 0) is 70.3 Å². The number of fused-ring (bicyclic) bond motifs is 2. The fraction of sp³-hybridized carbons (Fsp3) is 0.265. The molecule has 0 amide bonds. The average Bonchev–Trinajstić information content (AvgIpc) is 3.00. The molecule has 0 saturated carbocycles. The Morgan fingerprint density at radius 2 is 1.76 bits per heavy atom. The maximum atomic E-state index is 15.2. The standard InChI is InChI=1S/C34H34FN5O2/c1-21(2)17-36-33-28-11-12-40(18-31(28)37-20-38-33)32-16-25(9-10-30(32)35)23-6-4-5-22(13-23)24-7-8-26-14-27(19-42-3)39-34(41)29(26)15-24/h4-10,13-16,20-21H,11-12,17-19H2,1-3H3,(H,39,41)(H,36,37,38). The van der Waals surface area contributed by atoms with Gasteiger partial charge in [0.25, 0.3) is 5.56 Å². The number of benzene rings is 3. The minimum atomic E-state index is -0.257. The van der Waals surface area contributed by atoms with Crippen LogP contribution in [0, 0.1) is 11.7 Å². The smallest absolute Gasteiger partial charge is 0.256 e. The Hall–Kier alpha value is -4.56. The van der Waals surface area contributed by atoms with Crippen LogP contribution in [0.4, 0.5) is 15.9 Å². The van der Waals surface area contributed by atoms with Gasteiger partial charge in [-0.25, -0.2) is 14.4 Å². The first-order chi connectivity index (χ1) is 20.4. The second-order valence-corrected chi connectivity index (χ2v) is 11.2. The van der Waals surface area contributed by atoms with Gasteiger partial charge in [-0.15, -0.1) is 0 Å². The summed E-state index contributed by atoms with van der Waals surface area (Å²) in [5.74, 6) is 1.13. The SMILES string of the molecule is COCc1cc2ccc(-c3cccc(-c4ccc(F)c(N5CCc6c(ncnc6NCC(C)C)C5)c4)c3)cc2c(=O)[nH]1. The van der Waals surface area contributed by atoms with Crippen LogP contribution in [0.3, 0.4) is 0 Å². The summed E-state index contributed by atoms with van der Waals surface area (Å²) in [5, 5.41) is 4.93. The van der Waals surface area contributed by atoms with Crippen molar-refractivity contribution in [3.05, 3.63) is 106 Å². The molecule has 0 radical (unpaired) electrons. The molecule has 8 heteroatoms. The summed E-state index contributed by atoms with van der Waals surface area (Å²) in [7, 11) is 1.60. The number of rotatable bonds is 8. The summed E-state index contributed by atoms with van der Waals surface area (Å²) in [6, 6.07) is 21.2. The van der Waals surface area contributed by atoms with Gasteiger partial charge in [0.05, 0.1) is 24.5 Å². The van der Waals surface area contributed by atoms with Crippen LogP contribution in [0.5, 0.6) is 0 Å². The van der Waals surface area contributed by atoms with Gasteiger partial charge in [0.15, 0.2) is 0 Å². The first-order valence-electron chi connectivity index (χ1n) is 14.3. The maximum Gasteiger partial charge on any atom is 0.256 e. The molecule has 0 atom stereocenters. The zero-order valence-corrected chi connectivity index (χ0v) is 24.1. The van der Waals surface area contributed by atoms with Crippen LogP contribution in [-0.4, -0.2) is 35.2 Å². The zero-order chi connectivity index (χ0) is 29.2. The van der Waals surface area contributed by atoms with Crippen LogP contribution in [0.2, 0.25) is 0 Å². The lowest BCUT2D eigenvalue weighted by Gasteiger charge is -2.31. The third kappa shape index (κ3) is 5.63. The zero-order valence-electron chi connectivity index (χ0n) is 24.1. The van der Waals surface area contributed by atoms with Crippen LogP contribution in [0.25, 0.3) is 33.0 Å². The highest BCUT2D eigenvalue weighted by Crippen LogP contribution is 2.34. The molecule has 6 rings (SSSR count). The molecule has 3 aromatic carbocycles. The van der Waals surface area contributed by atoms with E-state index in [-0.39, 0.29) is 11.4 Å². The molecule has 214 valence electrons. The van der Waals surface area contributed by atoms with Crippen LogP contribution < -0.4 is 15.8 Å². The number of aromatic nitrogens is 3. The van der Waals surface area contributed by atoms with E-state index in [1.165, 1.54) is 6.07 Å². The van der Waals surface area contributed by atoms with Crippen molar-refractivity contribution in [2.75, 3.05) is 30.4 Å². The van der Waals surface area contributed by atoms with E-state index in [2.05, 4.69) is 45.1 Å². The Bertz CT molecular complexity index is 1820. The number of aromatic amines is 1. The van der Waals surface area contributed by atoms with E-state index < -0.39 is 0 Å². The van der Waals surface area contributed by atoms with Crippen LogP contribution in [0.1, 0.15) is 30.8 Å². The number of ether oxygens (including phenoxy) is 1. The largest absolute Gasteiger partial charge is 0.378 e. The molecule has 7 nitrogen and oxygen atoms in total. The number of anilines is 2. The number of methoxy groups -OCH3 is 1. The van der Waals surface area contributed by atoms with E-state index in [1.54, 1.807) is 13.4 Å². The Balaban J connectivity index is 1.28. The van der Waals surface area contributed by atoms with Crippen molar-refractivity contribution in [2.45, 2.75) is 33.4 Å². The van der Waals surface area contributed by atoms with Gasteiger partial charge in [-0.2, -0.15) is 0 Å². The monoisotopic (exact) mass is 563 g/mol. The van der Waals surface area contributed by atoms with Gasteiger partial charge in [0, 0.05) is 36.8 Å². The van der Waals surface area contributed by atoms with Crippen molar-refractivity contribution in [3.8, 4) is 22.3 Å². The Labute approximate surface area is 244 Å². The molecule has 0 saturated heterocycles. The quantitative estimate of drug-likeness (QED) is 0.222. The highest BCUT2D eigenvalue weighted by atomic mass is 19.1. The number of nitrogens with zero attached hydrogens (tertiary/aromatic N) is 3. The Morgan fingerprint density at radius 1 is 1.00 bits per heavy atom. The molecule has 0 aliphatic carbocycles. The molecule has 0 unspecified atom stereocenters. The van der Waals surface area contributed by atoms with Gasteiger partial charge >= 0.3 is 0 Å². The second-order valence-electron chi connectivity index (χ2n) is 11.2. The number of pyridine rings is 1. The molecule has 2 aromatic heterocycles. The van der Waals surface area contributed by atoms with Gasteiger partial charge in [-0.3, -0.25) is 4.79 Å². The predicted molar refractivity (Wildman–Crippen MR) is 166 cm³/mol. The van der Waals surface area contributed by atoms with Crippen molar-refractivity contribution in [3.63, 3.8) is 0 Å². The van der Waals surface area contributed by atoms with Gasteiger partial charge < -0.3 is 19.9 Å². The summed E-state index contributed by atoms with van der Waals surface area (Å²) < 4.78 is 20.4. The van der Waals surface area contributed by atoms with Crippen LogP contribution in [-0.2, 0) is 24.3 Å². The molecule has 42 heavy (non-hydrogen) atoms. The summed E-state index contributed by atoms with van der Waals surface area (Å²) in [5.41, 5.74) is 7.00. The predicted octanol–water partition coefficient (Wildman–Crippen LogP) is 6.57. The lowest BCUT2D eigenvalue weighted by molar-refractivity contribution is 0.181. The summed E-state index contributed by atoms with van der Waals surface area (Å²) >= 11 is 0. The van der Waals surface area contributed by atoms with Gasteiger partial charge in [0.1, 0.15) is 18.0 Å². The van der Waals surface area contributed by atoms with E-state index >= 15 is 4.39 Å². The highest BCUT2D eigenvalue weighted by Gasteiger charge is 2.23. The molecule has 0 fully saturated rings. The summed E-state index contributed by atoms with van der Waals surface area (Å²) in [6.07, 6.45) is 2.33. The van der Waals surface area contributed by atoms with Crippen molar-refractivity contribution in [2.24, 2.45) is 5.92 Å². The van der Waals surface area contributed by atoms with Gasteiger partial charge in [-0.1, -0.05) is 50.2 Å². The number of hydrogen-bond donors (Lipinski definition) is 2. The minimum absolute atomic E-state index is 0.142. The fourth-order valence-corrected chi connectivity index (χ4v) is 5.55. The van der Waals surface area contributed by atoms with E-state index in [9.17, 15) is 4.79 Å². The number of halogens is 1. The summed E-state index contributed by atoms with van der Waals surface area (Å²) in [4.78, 5) is 26.7. The lowest BCUT2D eigenvalue weighted by atomic mass is 9.97. The van der Waals surface area contributed by atoms with Crippen molar-refractivity contribution < 1.29 is 9.13 Å². The maximum absolute atomic E-state index is 15.2.